The molecule has 0 aliphatic carbocycles. The first kappa shape index (κ1) is 18.0. The second-order valence-electron chi connectivity index (χ2n) is 5.55. The van der Waals surface area contributed by atoms with Gasteiger partial charge in [-0.3, -0.25) is 4.79 Å². The second kappa shape index (κ2) is 8.47. The van der Waals surface area contributed by atoms with E-state index in [1.54, 1.807) is 42.2 Å². The van der Waals surface area contributed by atoms with E-state index in [-0.39, 0.29) is 19.1 Å². The Bertz CT molecular complexity index is 604. The Morgan fingerprint density at radius 3 is 2.92 bits per heavy atom. The normalized spacial score (nSPS) is 18.1. The van der Waals surface area contributed by atoms with Gasteiger partial charge in [-0.1, -0.05) is 24.8 Å². The van der Waals surface area contributed by atoms with Gasteiger partial charge >= 0.3 is 5.97 Å². The second-order valence-corrected chi connectivity index (χ2v) is 5.55. The van der Waals surface area contributed by atoms with Crippen molar-refractivity contribution in [2.45, 2.75) is 19.5 Å². The third-order valence-corrected chi connectivity index (χ3v) is 3.91. The van der Waals surface area contributed by atoms with E-state index in [1.807, 2.05) is 0 Å². The van der Waals surface area contributed by atoms with Crippen LogP contribution in [-0.4, -0.2) is 49.3 Å². The molecule has 1 heterocycles. The molecule has 2 atom stereocenters. The minimum absolute atomic E-state index is 0.142. The van der Waals surface area contributed by atoms with Crippen LogP contribution in [0.25, 0.3) is 0 Å². The lowest BCUT2D eigenvalue weighted by atomic mass is 10.0. The Morgan fingerprint density at radius 1 is 1.46 bits per heavy atom. The lowest BCUT2D eigenvalue weighted by Crippen LogP contribution is -2.33. The summed E-state index contributed by atoms with van der Waals surface area (Å²) < 4.78 is 24.3. The number of alkyl halides is 1. The number of likely N-dealkylation sites (tertiary alicyclic amines) is 1. The molecule has 1 aliphatic heterocycles. The van der Waals surface area contributed by atoms with Crippen LogP contribution in [0.4, 0.5) is 4.39 Å². The Labute approximate surface area is 141 Å². The molecule has 0 bridgehead atoms. The van der Waals surface area contributed by atoms with Crippen molar-refractivity contribution >= 4 is 11.9 Å². The number of rotatable bonds is 7. The van der Waals surface area contributed by atoms with Crippen molar-refractivity contribution in [3.8, 4) is 5.75 Å². The number of hydrogen-bond donors (Lipinski definition) is 0. The number of carbonyl (C=O) groups is 2. The number of halogens is 1. The van der Waals surface area contributed by atoms with Gasteiger partial charge in [-0.15, -0.1) is 0 Å². The van der Waals surface area contributed by atoms with E-state index in [0.29, 0.717) is 30.9 Å². The summed E-state index contributed by atoms with van der Waals surface area (Å²) >= 11 is 0. The van der Waals surface area contributed by atoms with Crippen LogP contribution in [0.5, 0.6) is 5.75 Å². The van der Waals surface area contributed by atoms with Crippen molar-refractivity contribution < 1.29 is 23.5 Å². The van der Waals surface area contributed by atoms with E-state index in [1.165, 1.54) is 0 Å². The van der Waals surface area contributed by atoms with Gasteiger partial charge in [0.25, 0.3) is 5.91 Å². The molecule has 1 fully saturated rings. The van der Waals surface area contributed by atoms with E-state index in [0.717, 1.165) is 0 Å². The molecular weight excluding hydrogens is 313 g/mol. The molecule has 0 aromatic heterocycles. The van der Waals surface area contributed by atoms with Gasteiger partial charge in [-0.2, -0.15) is 0 Å². The van der Waals surface area contributed by atoms with Crippen molar-refractivity contribution in [3.63, 3.8) is 0 Å². The molecule has 1 saturated heterocycles. The van der Waals surface area contributed by atoms with E-state index >= 15 is 0 Å². The SMILES string of the molecule is C=CCOc1ccccc1C(=O)N1CCC(C(F)C(=O)OCC)C1. The molecule has 1 amide bonds. The molecule has 2 unspecified atom stereocenters. The lowest BCUT2D eigenvalue weighted by Gasteiger charge is -2.19. The van der Waals surface area contributed by atoms with Crippen LogP contribution >= 0.6 is 0 Å². The summed E-state index contributed by atoms with van der Waals surface area (Å²) in [5, 5.41) is 0. The van der Waals surface area contributed by atoms with Crippen molar-refractivity contribution in [2.75, 3.05) is 26.3 Å². The van der Waals surface area contributed by atoms with Crippen molar-refractivity contribution in [3.05, 3.63) is 42.5 Å². The average molecular weight is 335 g/mol. The Morgan fingerprint density at radius 2 is 2.21 bits per heavy atom. The molecule has 0 radical (unpaired) electrons. The maximum absolute atomic E-state index is 14.1. The summed E-state index contributed by atoms with van der Waals surface area (Å²) in [5.41, 5.74) is 0.423. The zero-order chi connectivity index (χ0) is 17.5. The van der Waals surface area contributed by atoms with Gasteiger partial charge < -0.3 is 14.4 Å². The van der Waals surface area contributed by atoms with Crippen LogP contribution in [-0.2, 0) is 9.53 Å². The Hall–Kier alpha value is -2.37. The number of hydrogen-bond acceptors (Lipinski definition) is 4. The third kappa shape index (κ3) is 4.13. The highest BCUT2D eigenvalue weighted by Crippen LogP contribution is 2.27. The van der Waals surface area contributed by atoms with Crippen LogP contribution in [0.15, 0.2) is 36.9 Å². The van der Waals surface area contributed by atoms with Crippen LogP contribution < -0.4 is 4.74 Å². The summed E-state index contributed by atoms with van der Waals surface area (Å²) in [5.74, 6) is -1.15. The van der Waals surface area contributed by atoms with E-state index in [2.05, 4.69) is 6.58 Å². The topological polar surface area (TPSA) is 55.8 Å². The molecule has 24 heavy (non-hydrogen) atoms. The minimum Gasteiger partial charge on any atom is -0.489 e. The molecule has 6 heteroatoms. The fourth-order valence-corrected chi connectivity index (χ4v) is 2.71. The highest BCUT2D eigenvalue weighted by Gasteiger charge is 2.37. The van der Waals surface area contributed by atoms with E-state index in [9.17, 15) is 14.0 Å². The zero-order valence-electron chi connectivity index (χ0n) is 13.7. The summed E-state index contributed by atoms with van der Waals surface area (Å²) in [6, 6.07) is 6.91. The third-order valence-electron chi connectivity index (χ3n) is 3.91. The summed E-state index contributed by atoms with van der Waals surface area (Å²) in [7, 11) is 0. The molecule has 1 aromatic carbocycles. The maximum Gasteiger partial charge on any atom is 0.341 e. The monoisotopic (exact) mass is 335 g/mol. The quantitative estimate of drug-likeness (QED) is 0.568. The summed E-state index contributed by atoms with van der Waals surface area (Å²) in [4.78, 5) is 25.7. The van der Waals surface area contributed by atoms with E-state index in [4.69, 9.17) is 9.47 Å². The fourth-order valence-electron chi connectivity index (χ4n) is 2.71. The highest BCUT2D eigenvalue weighted by atomic mass is 19.1. The van der Waals surface area contributed by atoms with E-state index < -0.39 is 18.1 Å². The first-order valence-electron chi connectivity index (χ1n) is 8.01. The zero-order valence-corrected chi connectivity index (χ0v) is 13.7. The van der Waals surface area contributed by atoms with Crippen molar-refractivity contribution in [1.82, 2.24) is 4.90 Å². The van der Waals surface area contributed by atoms with Gasteiger partial charge in [-0.05, 0) is 25.5 Å². The summed E-state index contributed by atoms with van der Waals surface area (Å²) in [6.45, 7) is 6.24. The number of ether oxygens (including phenoxy) is 2. The number of esters is 1. The molecule has 0 N–H and O–H groups in total. The van der Waals surface area contributed by atoms with Crippen LogP contribution in [0.1, 0.15) is 23.7 Å². The van der Waals surface area contributed by atoms with Crippen LogP contribution in [0, 0.1) is 5.92 Å². The predicted octanol–water partition coefficient (Wildman–Crippen LogP) is 2.61. The predicted molar refractivity (Wildman–Crippen MR) is 87.7 cm³/mol. The van der Waals surface area contributed by atoms with Crippen molar-refractivity contribution in [2.24, 2.45) is 5.92 Å². The number of nitrogens with zero attached hydrogens (tertiary/aromatic N) is 1. The standard InChI is InChI=1S/C18H22FNO4/c1-3-11-24-15-8-6-5-7-14(15)17(21)20-10-9-13(12-20)16(19)18(22)23-4-2/h3,5-8,13,16H,1,4,9-12H2,2H3. The first-order chi connectivity index (χ1) is 11.6. The smallest absolute Gasteiger partial charge is 0.341 e. The molecule has 1 aromatic rings. The molecular formula is C18H22FNO4. The largest absolute Gasteiger partial charge is 0.489 e. The summed E-state index contributed by atoms with van der Waals surface area (Å²) in [6.07, 6.45) is 0.330. The van der Waals surface area contributed by atoms with Gasteiger partial charge in [0.15, 0.2) is 0 Å². The fraction of sp³-hybridized carbons (Fsp3) is 0.444. The molecule has 1 aliphatic rings. The highest BCUT2D eigenvalue weighted by molar-refractivity contribution is 5.97. The minimum atomic E-state index is -1.70. The average Bonchev–Trinajstić information content (AvgIpc) is 3.09. The van der Waals surface area contributed by atoms with Crippen molar-refractivity contribution in [1.29, 1.82) is 0 Å². The molecule has 0 spiro atoms. The molecule has 130 valence electrons. The van der Waals surface area contributed by atoms with Gasteiger partial charge in [0.2, 0.25) is 6.17 Å². The molecule has 2 rings (SSSR count). The van der Waals surface area contributed by atoms with Crippen LogP contribution in [0.3, 0.4) is 0 Å². The van der Waals surface area contributed by atoms with Crippen LogP contribution in [0.2, 0.25) is 0 Å². The number of para-hydroxylation sites is 1. The lowest BCUT2D eigenvalue weighted by molar-refractivity contribution is -0.151. The van der Waals surface area contributed by atoms with Gasteiger partial charge in [-0.25, -0.2) is 9.18 Å². The number of carbonyl (C=O) groups excluding carboxylic acids is 2. The number of benzene rings is 1. The first-order valence-corrected chi connectivity index (χ1v) is 8.01. The Balaban J connectivity index is 2.04. The molecule has 0 saturated carbocycles. The number of amides is 1. The van der Waals surface area contributed by atoms with Gasteiger partial charge in [0.05, 0.1) is 12.2 Å². The van der Waals surface area contributed by atoms with Gasteiger partial charge in [0, 0.05) is 19.0 Å². The van der Waals surface area contributed by atoms with Gasteiger partial charge in [0.1, 0.15) is 12.4 Å². The maximum atomic E-state index is 14.1. The Kier molecular flexibility index (Phi) is 6.35. The molecule has 5 nitrogen and oxygen atoms in total.